The molecule has 6 rings (SSSR count). The molecule has 1 aliphatic heterocycles. The van der Waals surface area contributed by atoms with Gasteiger partial charge in [0, 0.05) is 25.7 Å². The van der Waals surface area contributed by atoms with E-state index in [4.69, 9.17) is 21.1 Å². The first-order valence-electron chi connectivity index (χ1n) is 11.7. The molecule has 3 fully saturated rings. The van der Waals surface area contributed by atoms with Crippen LogP contribution in [0.4, 0.5) is 0 Å². The number of ether oxygens (including phenoxy) is 2. The van der Waals surface area contributed by atoms with E-state index in [0.717, 1.165) is 17.7 Å². The maximum atomic E-state index is 13.0. The first-order chi connectivity index (χ1) is 16.8. The lowest BCUT2D eigenvalue weighted by Gasteiger charge is -2.24. The monoisotopic (exact) mass is 494 g/mol. The van der Waals surface area contributed by atoms with Crippen molar-refractivity contribution in [2.45, 2.75) is 44.3 Å². The summed E-state index contributed by atoms with van der Waals surface area (Å²) in [5, 5.41) is 6.19. The number of carbonyl (C=O) groups excluding carboxylic acids is 1. The van der Waals surface area contributed by atoms with E-state index in [1.54, 1.807) is 13.4 Å². The van der Waals surface area contributed by atoms with Crippen LogP contribution in [-0.4, -0.2) is 57.5 Å². The number of hydrogen-bond acceptors (Lipinski definition) is 7. The number of nitrogens with one attached hydrogen (secondary N) is 2. The van der Waals surface area contributed by atoms with E-state index >= 15 is 0 Å². The number of hydrogen-bond donors (Lipinski definition) is 2. The summed E-state index contributed by atoms with van der Waals surface area (Å²) in [6.45, 7) is 3.77. The van der Waals surface area contributed by atoms with Gasteiger partial charge in [0.25, 0.3) is 0 Å². The molecule has 182 valence electrons. The largest absolute Gasteiger partial charge is 0.388 e. The van der Waals surface area contributed by atoms with Crippen molar-refractivity contribution >= 4 is 40.4 Å². The second-order valence-corrected chi connectivity index (χ2v) is 10.2. The third-order valence-electron chi connectivity index (χ3n) is 7.47. The number of amides is 1. The van der Waals surface area contributed by atoms with Crippen LogP contribution in [-0.2, 0) is 14.3 Å². The third kappa shape index (κ3) is 3.29. The quantitative estimate of drug-likeness (QED) is 0.525. The van der Waals surface area contributed by atoms with Crippen molar-refractivity contribution in [2.75, 3.05) is 14.1 Å². The molecule has 0 spiro atoms. The molecule has 0 bridgehead atoms. The van der Waals surface area contributed by atoms with Gasteiger partial charge in [-0.15, -0.1) is 0 Å². The molecule has 1 aromatic carbocycles. The molecular formula is C25H27ClN6O3. The van der Waals surface area contributed by atoms with Gasteiger partial charge < -0.3 is 24.7 Å². The molecule has 0 unspecified atom stereocenters. The van der Waals surface area contributed by atoms with E-state index < -0.39 is 11.2 Å². The first-order valence-corrected chi connectivity index (χ1v) is 12.1. The fourth-order valence-corrected chi connectivity index (χ4v) is 6.15. The third-order valence-corrected chi connectivity index (χ3v) is 7.64. The number of halogens is 1. The molecule has 9 nitrogen and oxygen atoms in total. The van der Waals surface area contributed by atoms with Crippen LogP contribution >= 0.6 is 11.6 Å². The summed E-state index contributed by atoms with van der Waals surface area (Å²) in [7, 11) is 3.53. The van der Waals surface area contributed by atoms with E-state index in [1.165, 1.54) is 0 Å². The molecule has 2 aliphatic carbocycles. The molecule has 5 atom stereocenters. The molecule has 3 aliphatic rings. The summed E-state index contributed by atoms with van der Waals surface area (Å²) in [5.74, 6) is -0.740. The van der Waals surface area contributed by atoms with Crippen LogP contribution in [0.15, 0.2) is 36.7 Å². The van der Waals surface area contributed by atoms with Crippen molar-refractivity contribution in [1.29, 1.82) is 0 Å². The van der Waals surface area contributed by atoms with E-state index in [0.29, 0.717) is 16.9 Å². The second-order valence-electron chi connectivity index (χ2n) is 9.82. The maximum absolute atomic E-state index is 13.0. The van der Waals surface area contributed by atoms with Gasteiger partial charge in [-0.2, -0.15) is 4.98 Å². The van der Waals surface area contributed by atoms with Crippen LogP contribution in [0, 0.1) is 11.3 Å². The summed E-state index contributed by atoms with van der Waals surface area (Å²) in [4.78, 5) is 26.7. The van der Waals surface area contributed by atoms with Crippen molar-refractivity contribution in [2.24, 2.45) is 11.3 Å². The Bertz CT molecular complexity index is 1360. The Kier molecular flexibility index (Phi) is 4.97. The van der Waals surface area contributed by atoms with E-state index in [2.05, 4.69) is 25.6 Å². The number of benzene rings is 1. The van der Waals surface area contributed by atoms with Gasteiger partial charge in [-0.25, -0.2) is 9.97 Å². The predicted molar refractivity (Wildman–Crippen MR) is 131 cm³/mol. The number of imidazole rings is 1. The number of nitrogens with zero attached hydrogens (tertiary/aromatic N) is 4. The summed E-state index contributed by atoms with van der Waals surface area (Å²) in [6, 6.07) is 9.81. The highest BCUT2D eigenvalue weighted by Gasteiger charge is 2.79. The van der Waals surface area contributed by atoms with E-state index in [1.807, 2.05) is 61.9 Å². The second kappa shape index (κ2) is 7.74. The van der Waals surface area contributed by atoms with Crippen LogP contribution < -0.4 is 10.6 Å². The lowest BCUT2D eigenvalue weighted by Crippen LogP contribution is -2.40. The number of aromatic nitrogens is 4. The van der Waals surface area contributed by atoms with Gasteiger partial charge in [0.1, 0.15) is 17.7 Å². The Labute approximate surface area is 207 Å². The Morgan fingerprint density at radius 2 is 1.94 bits per heavy atom. The van der Waals surface area contributed by atoms with Crippen LogP contribution in [0.25, 0.3) is 22.9 Å². The molecular weight excluding hydrogens is 468 g/mol. The SMILES string of the molecule is CNC(=O)[C@@]12C[C@@H]1[C@@H](n1cnc3c(/C=C(\NC)c4ccccc4)nc(Cl)nc31)[C@H]1OC(C)(C)O[C@H]12. The summed E-state index contributed by atoms with van der Waals surface area (Å²) >= 11 is 6.40. The van der Waals surface area contributed by atoms with Crippen molar-refractivity contribution in [1.82, 2.24) is 30.2 Å². The summed E-state index contributed by atoms with van der Waals surface area (Å²) < 4.78 is 14.6. The van der Waals surface area contributed by atoms with Crippen LogP contribution in [0.3, 0.4) is 0 Å². The zero-order valence-corrected chi connectivity index (χ0v) is 20.7. The highest BCUT2D eigenvalue weighted by molar-refractivity contribution is 6.28. The Balaban J connectivity index is 1.46. The minimum atomic E-state index is -0.781. The standard InChI is InChI=1S/C25H27ClN6O3/c1-24(2)34-19-18(14-11-25(14,20(19)35-24)22(33)28-4)32-12-29-17-16(30-23(26)31-21(17)32)10-15(27-3)13-8-6-5-7-9-13/h5-10,12,14,18-20,27H,11H2,1-4H3,(H,28,33)/b15-10-/t14-,18-,19-,20-,25+/m1/s1. The lowest BCUT2D eigenvalue weighted by molar-refractivity contribution is -0.164. The van der Waals surface area contributed by atoms with E-state index in [-0.39, 0.29) is 35.4 Å². The Hall–Kier alpha value is -3.01. The molecule has 1 saturated heterocycles. The number of rotatable bonds is 5. The topological polar surface area (TPSA) is 103 Å². The average Bonchev–Trinajstić information content (AvgIpc) is 3.16. The zero-order valence-electron chi connectivity index (χ0n) is 19.9. The van der Waals surface area contributed by atoms with Gasteiger partial charge in [0.2, 0.25) is 11.2 Å². The number of carbonyl (C=O) groups is 1. The van der Waals surface area contributed by atoms with Crippen LogP contribution in [0.2, 0.25) is 5.28 Å². The maximum Gasteiger partial charge on any atom is 0.229 e. The van der Waals surface area contributed by atoms with Gasteiger partial charge >= 0.3 is 0 Å². The molecule has 2 aromatic heterocycles. The van der Waals surface area contributed by atoms with Gasteiger partial charge in [0.15, 0.2) is 11.4 Å². The summed E-state index contributed by atoms with van der Waals surface area (Å²) in [6.07, 6.45) is 3.76. The molecule has 35 heavy (non-hydrogen) atoms. The smallest absolute Gasteiger partial charge is 0.229 e. The molecule has 2 saturated carbocycles. The van der Waals surface area contributed by atoms with E-state index in [9.17, 15) is 4.79 Å². The fraction of sp³-hybridized carbons (Fsp3) is 0.440. The highest BCUT2D eigenvalue weighted by Crippen LogP contribution is 2.71. The van der Waals surface area contributed by atoms with Gasteiger partial charge in [-0.05, 0) is 43.5 Å². The molecule has 0 radical (unpaired) electrons. The molecule has 3 heterocycles. The molecule has 1 amide bonds. The zero-order chi connectivity index (χ0) is 24.5. The molecule has 3 aromatic rings. The fourth-order valence-electron chi connectivity index (χ4n) is 5.98. The number of fused-ring (bicyclic) bond motifs is 4. The minimum absolute atomic E-state index is 0.0106. The van der Waals surface area contributed by atoms with Crippen molar-refractivity contribution < 1.29 is 14.3 Å². The summed E-state index contributed by atoms with van der Waals surface area (Å²) in [5.41, 5.74) is 3.14. The normalized spacial score (nSPS) is 30.7. The van der Waals surface area contributed by atoms with Crippen molar-refractivity contribution in [3.63, 3.8) is 0 Å². The predicted octanol–water partition coefficient (Wildman–Crippen LogP) is 3.02. The molecule has 2 N–H and O–H groups in total. The van der Waals surface area contributed by atoms with Gasteiger partial charge in [0.05, 0.1) is 23.5 Å². The minimum Gasteiger partial charge on any atom is -0.388 e. The Morgan fingerprint density at radius 1 is 1.17 bits per heavy atom. The van der Waals surface area contributed by atoms with Gasteiger partial charge in [-0.3, -0.25) is 4.79 Å². The average molecular weight is 495 g/mol. The first kappa shape index (κ1) is 22.5. The molecule has 10 heteroatoms. The van der Waals surface area contributed by atoms with Gasteiger partial charge in [-0.1, -0.05) is 30.3 Å². The van der Waals surface area contributed by atoms with Crippen molar-refractivity contribution in [3.8, 4) is 0 Å². The Morgan fingerprint density at radius 3 is 2.66 bits per heavy atom. The van der Waals surface area contributed by atoms with Crippen LogP contribution in [0.5, 0.6) is 0 Å². The van der Waals surface area contributed by atoms with Crippen molar-refractivity contribution in [3.05, 3.63) is 53.2 Å². The lowest BCUT2D eigenvalue weighted by atomic mass is 9.98. The van der Waals surface area contributed by atoms with Crippen LogP contribution in [0.1, 0.15) is 37.6 Å². The highest BCUT2D eigenvalue weighted by atomic mass is 35.5.